The van der Waals surface area contributed by atoms with E-state index in [1.54, 1.807) is 37.3 Å². The first-order valence-corrected chi connectivity index (χ1v) is 8.58. The highest BCUT2D eigenvalue weighted by Crippen LogP contribution is 2.22. The molecule has 138 valence electrons. The van der Waals surface area contributed by atoms with Crippen molar-refractivity contribution < 1.29 is 19.1 Å². The predicted octanol–water partition coefficient (Wildman–Crippen LogP) is 3.50. The Kier molecular flexibility index (Phi) is 6.78. The van der Waals surface area contributed by atoms with Gasteiger partial charge in [-0.3, -0.25) is 9.59 Å². The summed E-state index contributed by atoms with van der Waals surface area (Å²) in [6, 6.07) is 12.9. The van der Waals surface area contributed by atoms with Crippen LogP contribution >= 0.6 is 0 Å². The summed E-state index contributed by atoms with van der Waals surface area (Å²) in [5, 5.41) is 0. The lowest BCUT2D eigenvalue weighted by molar-refractivity contribution is -0.129. The molecular formula is C21H25NO4. The molecule has 0 saturated carbocycles. The van der Waals surface area contributed by atoms with E-state index in [-0.39, 0.29) is 18.1 Å². The number of ketones is 1. The first-order chi connectivity index (χ1) is 12.4. The fourth-order valence-electron chi connectivity index (χ4n) is 2.65. The molecule has 0 spiro atoms. The van der Waals surface area contributed by atoms with Crippen LogP contribution in [0.2, 0.25) is 0 Å². The van der Waals surface area contributed by atoms with E-state index in [2.05, 4.69) is 0 Å². The molecule has 0 radical (unpaired) electrons. The molecule has 0 bridgehead atoms. The maximum absolute atomic E-state index is 12.6. The van der Waals surface area contributed by atoms with E-state index in [9.17, 15) is 9.59 Å². The zero-order valence-corrected chi connectivity index (χ0v) is 15.7. The van der Waals surface area contributed by atoms with Crippen LogP contribution in [0.15, 0.2) is 42.5 Å². The van der Waals surface area contributed by atoms with E-state index in [0.717, 1.165) is 11.3 Å². The van der Waals surface area contributed by atoms with Crippen LogP contribution in [0.5, 0.6) is 11.5 Å². The van der Waals surface area contributed by atoms with Gasteiger partial charge in [-0.25, -0.2) is 0 Å². The zero-order chi connectivity index (χ0) is 19.1. The number of likely N-dealkylation sites (N-methyl/N-ethyl adjacent to an activating group) is 1. The molecule has 0 N–H and O–H groups in total. The average Bonchev–Trinajstić information content (AvgIpc) is 2.63. The normalized spacial score (nSPS) is 10.3. The molecule has 2 aromatic carbocycles. The third kappa shape index (κ3) is 5.09. The molecule has 0 fully saturated rings. The SMILES string of the molecule is CCOc1ccc(CN(C)C(=O)Cc2cc(C(C)=O)ccc2OC)cc1. The smallest absolute Gasteiger partial charge is 0.227 e. The molecule has 0 aliphatic heterocycles. The lowest BCUT2D eigenvalue weighted by Crippen LogP contribution is -2.27. The van der Waals surface area contributed by atoms with Gasteiger partial charge in [0.2, 0.25) is 5.91 Å². The highest BCUT2D eigenvalue weighted by atomic mass is 16.5. The highest BCUT2D eigenvalue weighted by Gasteiger charge is 2.15. The molecule has 1 amide bonds. The van der Waals surface area contributed by atoms with E-state index < -0.39 is 0 Å². The van der Waals surface area contributed by atoms with Crippen LogP contribution in [0.1, 0.15) is 35.3 Å². The number of methoxy groups -OCH3 is 1. The van der Waals surface area contributed by atoms with Crippen molar-refractivity contribution in [3.8, 4) is 11.5 Å². The molecule has 0 unspecified atom stereocenters. The molecule has 0 atom stereocenters. The van der Waals surface area contributed by atoms with Gasteiger partial charge in [0.25, 0.3) is 0 Å². The summed E-state index contributed by atoms with van der Waals surface area (Å²) < 4.78 is 10.7. The summed E-state index contributed by atoms with van der Waals surface area (Å²) in [4.78, 5) is 25.8. The number of rotatable bonds is 8. The number of Topliss-reactive ketones (excluding diaryl/α,β-unsaturated/α-hetero) is 1. The summed E-state index contributed by atoms with van der Waals surface area (Å²) >= 11 is 0. The van der Waals surface area contributed by atoms with Crippen LogP contribution < -0.4 is 9.47 Å². The quantitative estimate of drug-likeness (QED) is 0.680. The molecule has 2 aromatic rings. The van der Waals surface area contributed by atoms with Crippen molar-refractivity contribution in [1.29, 1.82) is 0 Å². The summed E-state index contributed by atoms with van der Waals surface area (Å²) in [7, 11) is 3.32. The van der Waals surface area contributed by atoms with Crippen LogP contribution in [0, 0.1) is 0 Å². The molecule has 5 nitrogen and oxygen atoms in total. The summed E-state index contributed by atoms with van der Waals surface area (Å²) in [6.07, 6.45) is 0.178. The second kappa shape index (κ2) is 9.04. The minimum Gasteiger partial charge on any atom is -0.496 e. The van der Waals surface area contributed by atoms with Gasteiger partial charge in [0, 0.05) is 24.7 Å². The van der Waals surface area contributed by atoms with E-state index in [0.29, 0.717) is 30.0 Å². The van der Waals surface area contributed by atoms with Crippen molar-refractivity contribution in [2.75, 3.05) is 20.8 Å². The highest BCUT2D eigenvalue weighted by molar-refractivity contribution is 5.94. The Morgan fingerprint density at radius 2 is 1.77 bits per heavy atom. The molecule has 0 aromatic heterocycles. The third-order valence-electron chi connectivity index (χ3n) is 4.11. The lowest BCUT2D eigenvalue weighted by atomic mass is 10.0. The lowest BCUT2D eigenvalue weighted by Gasteiger charge is -2.18. The topological polar surface area (TPSA) is 55.8 Å². The fraction of sp³-hybridized carbons (Fsp3) is 0.333. The predicted molar refractivity (Wildman–Crippen MR) is 101 cm³/mol. The summed E-state index contributed by atoms with van der Waals surface area (Å²) in [5.74, 6) is 1.34. The zero-order valence-electron chi connectivity index (χ0n) is 15.7. The van der Waals surface area contributed by atoms with Crippen LogP contribution in [-0.2, 0) is 17.8 Å². The Morgan fingerprint density at radius 1 is 1.08 bits per heavy atom. The van der Waals surface area contributed by atoms with Gasteiger partial charge < -0.3 is 14.4 Å². The molecule has 0 saturated heterocycles. The molecule has 2 rings (SSSR count). The first kappa shape index (κ1) is 19.5. The van der Waals surface area contributed by atoms with Crippen LogP contribution in [-0.4, -0.2) is 37.4 Å². The second-order valence-corrected chi connectivity index (χ2v) is 6.09. The molecule has 0 heterocycles. The minimum absolute atomic E-state index is 0.0379. The number of nitrogens with zero attached hydrogens (tertiary/aromatic N) is 1. The largest absolute Gasteiger partial charge is 0.496 e. The van der Waals surface area contributed by atoms with Crippen LogP contribution in [0.25, 0.3) is 0 Å². The van der Waals surface area contributed by atoms with Gasteiger partial charge in [-0.1, -0.05) is 12.1 Å². The van der Waals surface area contributed by atoms with Gasteiger partial charge >= 0.3 is 0 Å². The van der Waals surface area contributed by atoms with Gasteiger partial charge in [-0.15, -0.1) is 0 Å². The van der Waals surface area contributed by atoms with Gasteiger partial charge in [0.15, 0.2) is 5.78 Å². The summed E-state index contributed by atoms with van der Waals surface area (Å²) in [5.41, 5.74) is 2.31. The standard InChI is InChI=1S/C21H25NO4/c1-5-26-19-9-6-16(7-10-19)14-22(3)21(24)13-18-12-17(15(2)23)8-11-20(18)25-4/h6-12H,5,13-14H2,1-4H3. The van der Waals surface area contributed by atoms with Crippen molar-refractivity contribution in [3.63, 3.8) is 0 Å². The maximum Gasteiger partial charge on any atom is 0.227 e. The Labute approximate surface area is 154 Å². The Hall–Kier alpha value is -2.82. The average molecular weight is 355 g/mol. The Morgan fingerprint density at radius 3 is 2.35 bits per heavy atom. The fourth-order valence-corrected chi connectivity index (χ4v) is 2.65. The van der Waals surface area contributed by atoms with Gasteiger partial charge in [0.1, 0.15) is 11.5 Å². The third-order valence-corrected chi connectivity index (χ3v) is 4.11. The Bertz CT molecular complexity index is 768. The number of amides is 1. The van der Waals surface area contributed by atoms with E-state index in [1.165, 1.54) is 6.92 Å². The Balaban J connectivity index is 2.06. The van der Waals surface area contributed by atoms with E-state index in [4.69, 9.17) is 9.47 Å². The van der Waals surface area contributed by atoms with Crippen LogP contribution in [0.4, 0.5) is 0 Å². The van der Waals surface area contributed by atoms with Crippen molar-refractivity contribution in [3.05, 3.63) is 59.2 Å². The molecule has 5 heteroatoms. The van der Waals surface area contributed by atoms with Crippen molar-refractivity contribution >= 4 is 11.7 Å². The van der Waals surface area contributed by atoms with Crippen molar-refractivity contribution in [2.24, 2.45) is 0 Å². The molecule has 0 aliphatic carbocycles. The number of carbonyl (C=O) groups excluding carboxylic acids is 2. The van der Waals surface area contributed by atoms with Gasteiger partial charge in [-0.05, 0) is 49.7 Å². The second-order valence-electron chi connectivity index (χ2n) is 6.09. The molecule has 26 heavy (non-hydrogen) atoms. The summed E-state index contributed by atoms with van der Waals surface area (Å²) in [6.45, 7) is 4.57. The minimum atomic E-state index is -0.0436. The van der Waals surface area contributed by atoms with E-state index in [1.807, 2.05) is 31.2 Å². The van der Waals surface area contributed by atoms with Gasteiger partial charge in [-0.2, -0.15) is 0 Å². The van der Waals surface area contributed by atoms with Crippen LogP contribution in [0.3, 0.4) is 0 Å². The van der Waals surface area contributed by atoms with Crippen molar-refractivity contribution in [2.45, 2.75) is 26.8 Å². The number of hydrogen-bond donors (Lipinski definition) is 0. The maximum atomic E-state index is 12.6. The molecule has 0 aliphatic rings. The first-order valence-electron chi connectivity index (χ1n) is 8.58. The number of carbonyl (C=O) groups is 2. The number of ether oxygens (including phenoxy) is 2. The van der Waals surface area contributed by atoms with Gasteiger partial charge in [0.05, 0.1) is 20.1 Å². The van der Waals surface area contributed by atoms with E-state index >= 15 is 0 Å². The number of hydrogen-bond acceptors (Lipinski definition) is 4. The number of benzene rings is 2. The molecular weight excluding hydrogens is 330 g/mol. The monoisotopic (exact) mass is 355 g/mol. The van der Waals surface area contributed by atoms with Crippen molar-refractivity contribution in [1.82, 2.24) is 4.90 Å².